The number of piperidine rings is 1. The van der Waals surface area contributed by atoms with E-state index < -0.39 is 0 Å². The van der Waals surface area contributed by atoms with Gasteiger partial charge in [-0.25, -0.2) is 0 Å². The summed E-state index contributed by atoms with van der Waals surface area (Å²) in [6.45, 7) is 8.19. The molecule has 0 aromatic heterocycles. The van der Waals surface area contributed by atoms with E-state index in [1.165, 1.54) is 24.8 Å². The van der Waals surface area contributed by atoms with Crippen LogP contribution < -0.4 is 15.4 Å². The topological polar surface area (TPSA) is 53.6 Å². The number of hydrogen-bond donors (Lipinski definition) is 2. The number of halogens is 1. The number of hydrogen-bond acceptors (Lipinski definition) is 4. The molecule has 1 aliphatic rings. The number of nitrogens with zero attached hydrogens (tertiary/aromatic N) is 1. The van der Waals surface area contributed by atoms with Gasteiger partial charge in [-0.05, 0) is 83.4 Å². The Morgan fingerprint density at radius 1 is 1.31 bits per heavy atom. The first-order valence-electron chi connectivity index (χ1n) is 9.46. The minimum absolute atomic E-state index is 0. The van der Waals surface area contributed by atoms with Gasteiger partial charge in [-0.2, -0.15) is 0 Å². The molecule has 1 aliphatic heterocycles. The fourth-order valence-corrected chi connectivity index (χ4v) is 3.34. The largest absolute Gasteiger partial charge is 0.492 e. The quantitative estimate of drug-likeness (QED) is 0.643. The smallest absolute Gasteiger partial charge is 0.237 e. The molecule has 0 saturated carbocycles. The Bertz CT molecular complexity index is 534. The highest BCUT2D eigenvalue weighted by atomic mass is 35.5. The third kappa shape index (κ3) is 7.52. The molecule has 1 unspecified atom stereocenters. The third-order valence-corrected chi connectivity index (χ3v) is 5.04. The summed E-state index contributed by atoms with van der Waals surface area (Å²) >= 11 is 0. The van der Waals surface area contributed by atoms with E-state index in [9.17, 15) is 4.79 Å². The lowest BCUT2D eigenvalue weighted by molar-refractivity contribution is -0.126. The molecule has 0 radical (unpaired) electrons. The van der Waals surface area contributed by atoms with Crippen molar-refractivity contribution >= 4 is 18.3 Å². The van der Waals surface area contributed by atoms with Crippen LogP contribution in [0.3, 0.4) is 0 Å². The van der Waals surface area contributed by atoms with Crippen molar-refractivity contribution in [2.45, 2.75) is 39.2 Å². The Labute approximate surface area is 164 Å². The molecule has 6 heteroatoms. The summed E-state index contributed by atoms with van der Waals surface area (Å²) in [5.74, 6) is 1.74. The van der Waals surface area contributed by atoms with E-state index in [0.29, 0.717) is 13.2 Å². The number of carbonyl (C=O) groups excluding carboxylic acids is 1. The number of nitrogens with one attached hydrogen (secondary N) is 2. The molecule has 1 aromatic carbocycles. The molecule has 1 fully saturated rings. The second-order valence-corrected chi connectivity index (χ2v) is 7.00. The highest BCUT2D eigenvalue weighted by Crippen LogP contribution is 2.21. The number of likely N-dealkylation sites (tertiary alicyclic amines) is 1. The van der Waals surface area contributed by atoms with Gasteiger partial charge in [-0.3, -0.25) is 9.69 Å². The zero-order valence-electron chi connectivity index (χ0n) is 16.3. The Morgan fingerprint density at radius 2 is 2.04 bits per heavy atom. The molecule has 2 N–H and O–H groups in total. The van der Waals surface area contributed by atoms with Crippen LogP contribution in [0.5, 0.6) is 5.75 Å². The first-order chi connectivity index (χ1) is 12.1. The number of carbonyl (C=O) groups is 1. The van der Waals surface area contributed by atoms with Crippen molar-refractivity contribution in [3.05, 3.63) is 29.8 Å². The van der Waals surface area contributed by atoms with Crippen LogP contribution in [0.2, 0.25) is 0 Å². The number of amides is 1. The second kappa shape index (κ2) is 12.2. The van der Waals surface area contributed by atoms with Gasteiger partial charge in [0.15, 0.2) is 0 Å². The van der Waals surface area contributed by atoms with Gasteiger partial charge in [0, 0.05) is 0 Å². The standard InChI is InChI=1S/C20H33N3O2.ClH/c1-16-5-4-6-19(15-16)25-14-11-22-20(24)17(2)23-12-8-18(9-13-23)7-10-21-3;/h4-6,15,17-18,21H,7-14H2,1-3H3,(H,22,24);1H. The van der Waals surface area contributed by atoms with Crippen LogP contribution in [0.15, 0.2) is 24.3 Å². The number of aryl methyl sites for hydroxylation is 1. The highest BCUT2D eigenvalue weighted by molar-refractivity contribution is 5.85. The Kier molecular flexibility index (Phi) is 10.6. The third-order valence-electron chi connectivity index (χ3n) is 5.04. The number of ether oxygens (including phenoxy) is 1. The summed E-state index contributed by atoms with van der Waals surface area (Å²) in [5, 5.41) is 6.22. The molecule has 0 aliphatic carbocycles. The van der Waals surface area contributed by atoms with Crippen molar-refractivity contribution in [2.24, 2.45) is 5.92 Å². The van der Waals surface area contributed by atoms with E-state index in [4.69, 9.17) is 4.74 Å². The maximum atomic E-state index is 12.3. The van der Waals surface area contributed by atoms with Crippen LogP contribution in [-0.4, -0.2) is 56.7 Å². The fraction of sp³-hybridized carbons (Fsp3) is 0.650. The predicted molar refractivity (Wildman–Crippen MR) is 109 cm³/mol. The molecular formula is C20H34ClN3O2. The highest BCUT2D eigenvalue weighted by Gasteiger charge is 2.26. The van der Waals surface area contributed by atoms with E-state index >= 15 is 0 Å². The molecule has 1 saturated heterocycles. The van der Waals surface area contributed by atoms with Crippen molar-refractivity contribution in [3.63, 3.8) is 0 Å². The van der Waals surface area contributed by atoms with Crippen molar-refractivity contribution in [3.8, 4) is 5.75 Å². The van der Waals surface area contributed by atoms with Crippen molar-refractivity contribution in [1.82, 2.24) is 15.5 Å². The van der Waals surface area contributed by atoms with Crippen molar-refractivity contribution < 1.29 is 9.53 Å². The SMILES string of the molecule is CNCCC1CCN(C(C)C(=O)NCCOc2cccc(C)c2)CC1.Cl. The second-order valence-electron chi connectivity index (χ2n) is 7.00. The predicted octanol–water partition coefficient (Wildman–Crippen LogP) is 2.62. The van der Waals surface area contributed by atoms with E-state index in [1.54, 1.807) is 0 Å². The van der Waals surface area contributed by atoms with E-state index in [1.807, 2.05) is 45.2 Å². The first kappa shape index (κ1) is 22.7. The molecule has 1 aromatic rings. The van der Waals surface area contributed by atoms with Gasteiger partial charge < -0.3 is 15.4 Å². The first-order valence-corrected chi connectivity index (χ1v) is 9.46. The molecule has 1 atom stereocenters. The Hall–Kier alpha value is -1.30. The molecule has 5 nitrogen and oxygen atoms in total. The Morgan fingerprint density at radius 3 is 2.69 bits per heavy atom. The molecule has 148 valence electrons. The van der Waals surface area contributed by atoms with Crippen LogP contribution in [-0.2, 0) is 4.79 Å². The summed E-state index contributed by atoms with van der Waals surface area (Å²) in [5.41, 5.74) is 1.17. The van der Waals surface area contributed by atoms with Crippen LogP contribution in [0.1, 0.15) is 31.7 Å². The van der Waals surface area contributed by atoms with Gasteiger partial charge >= 0.3 is 0 Å². The van der Waals surface area contributed by atoms with Gasteiger partial charge in [0.2, 0.25) is 5.91 Å². The normalized spacial score (nSPS) is 16.6. The number of benzene rings is 1. The van der Waals surface area contributed by atoms with Crippen LogP contribution in [0.4, 0.5) is 0 Å². The van der Waals surface area contributed by atoms with Gasteiger partial charge in [-0.15, -0.1) is 12.4 Å². The molecule has 1 heterocycles. The summed E-state index contributed by atoms with van der Waals surface area (Å²) < 4.78 is 5.68. The minimum Gasteiger partial charge on any atom is -0.492 e. The summed E-state index contributed by atoms with van der Waals surface area (Å²) in [6, 6.07) is 7.89. The van der Waals surface area contributed by atoms with Crippen LogP contribution in [0, 0.1) is 12.8 Å². The summed E-state index contributed by atoms with van der Waals surface area (Å²) in [4.78, 5) is 14.6. The minimum atomic E-state index is -0.0655. The van der Waals surface area contributed by atoms with Gasteiger partial charge in [0.1, 0.15) is 12.4 Å². The van der Waals surface area contributed by atoms with Crippen LogP contribution in [0.25, 0.3) is 0 Å². The molecule has 0 bridgehead atoms. The van der Waals surface area contributed by atoms with E-state index in [0.717, 1.165) is 31.3 Å². The maximum absolute atomic E-state index is 12.3. The number of rotatable bonds is 9. The zero-order chi connectivity index (χ0) is 18.1. The van der Waals surface area contributed by atoms with Crippen LogP contribution >= 0.6 is 12.4 Å². The average Bonchev–Trinajstić information content (AvgIpc) is 2.63. The van der Waals surface area contributed by atoms with Crippen molar-refractivity contribution in [1.29, 1.82) is 0 Å². The lowest BCUT2D eigenvalue weighted by Gasteiger charge is -2.35. The molecular weight excluding hydrogens is 350 g/mol. The molecule has 26 heavy (non-hydrogen) atoms. The summed E-state index contributed by atoms with van der Waals surface area (Å²) in [7, 11) is 2.00. The maximum Gasteiger partial charge on any atom is 0.237 e. The fourth-order valence-electron chi connectivity index (χ4n) is 3.34. The molecule has 2 rings (SSSR count). The summed E-state index contributed by atoms with van der Waals surface area (Å²) in [6.07, 6.45) is 3.62. The van der Waals surface area contributed by atoms with E-state index in [2.05, 4.69) is 15.5 Å². The van der Waals surface area contributed by atoms with E-state index in [-0.39, 0.29) is 24.4 Å². The molecule has 0 spiro atoms. The van der Waals surface area contributed by atoms with Gasteiger partial charge in [-0.1, -0.05) is 12.1 Å². The lowest BCUT2D eigenvalue weighted by atomic mass is 9.93. The molecule has 1 amide bonds. The monoisotopic (exact) mass is 383 g/mol. The Balaban J connectivity index is 0.00000338. The van der Waals surface area contributed by atoms with Gasteiger partial charge in [0.05, 0.1) is 12.6 Å². The lowest BCUT2D eigenvalue weighted by Crippen LogP contribution is -2.49. The van der Waals surface area contributed by atoms with Crippen molar-refractivity contribution in [2.75, 3.05) is 39.8 Å². The van der Waals surface area contributed by atoms with Gasteiger partial charge in [0.25, 0.3) is 0 Å². The zero-order valence-corrected chi connectivity index (χ0v) is 17.1. The average molecular weight is 384 g/mol.